The molecule has 104 valence electrons. The van der Waals surface area contributed by atoms with Crippen LogP contribution < -0.4 is 4.74 Å². The Hall–Kier alpha value is -1.59. The minimum atomic E-state index is -1.61. The smallest absolute Gasteiger partial charge is 0.337 e. The first-order valence-corrected chi connectivity index (χ1v) is 6.27. The van der Waals surface area contributed by atoms with Gasteiger partial charge in [-0.25, -0.2) is 4.79 Å². The Morgan fingerprint density at radius 2 is 2.11 bits per heavy atom. The van der Waals surface area contributed by atoms with Crippen molar-refractivity contribution < 1.29 is 24.5 Å². The number of alkyl halides is 1. The Balaban J connectivity index is 3.06. The van der Waals surface area contributed by atoms with E-state index >= 15 is 0 Å². The van der Waals surface area contributed by atoms with E-state index in [9.17, 15) is 14.7 Å². The molecule has 0 aliphatic carbocycles. The summed E-state index contributed by atoms with van der Waals surface area (Å²) in [4.78, 5) is 22.0. The molecule has 5 nitrogen and oxygen atoms in total. The molecule has 6 heteroatoms. The lowest BCUT2D eigenvalue weighted by molar-refractivity contribution is -0.147. The molecule has 1 atom stereocenters. The van der Waals surface area contributed by atoms with Crippen LogP contribution in [0.25, 0.3) is 0 Å². The summed E-state index contributed by atoms with van der Waals surface area (Å²) in [5.41, 5.74) is 0.826. The highest BCUT2D eigenvalue weighted by atomic mass is 35.5. The molecule has 1 rings (SSSR count). The maximum absolute atomic E-state index is 11.3. The number of ketones is 1. The summed E-state index contributed by atoms with van der Waals surface area (Å²) >= 11 is 5.45. The third-order valence-corrected chi connectivity index (χ3v) is 2.78. The summed E-state index contributed by atoms with van der Waals surface area (Å²) in [5.74, 6) is -1.20. The van der Waals surface area contributed by atoms with Gasteiger partial charge in [0.15, 0.2) is 11.9 Å². The number of carbonyl (C=O) groups is 2. The van der Waals surface area contributed by atoms with E-state index in [1.54, 1.807) is 13.0 Å². The molecular weight excluding hydrogens is 272 g/mol. The average Bonchev–Trinajstić information content (AvgIpc) is 2.39. The molecule has 1 unspecified atom stereocenters. The Morgan fingerprint density at radius 3 is 2.63 bits per heavy atom. The Morgan fingerprint density at radius 1 is 1.42 bits per heavy atom. The number of aliphatic carboxylic acids is 1. The molecule has 0 heterocycles. The number of rotatable bonds is 7. The van der Waals surface area contributed by atoms with Crippen LogP contribution >= 0.6 is 11.6 Å². The first kappa shape index (κ1) is 15.5. The topological polar surface area (TPSA) is 83.8 Å². The quantitative estimate of drug-likeness (QED) is 0.743. The summed E-state index contributed by atoms with van der Waals surface area (Å²) in [6.45, 7) is 2.14. The molecule has 0 fully saturated rings. The van der Waals surface area contributed by atoms with E-state index in [1.165, 1.54) is 12.1 Å². The number of hydrogen-bond acceptors (Lipinski definition) is 4. The van der Waals surface area contributed by atoms with Crippen molar-refractivity contribution in [3.05, 3.63) is 29.3 Å². The second-order valence-corrected chi connectivity index (χ2v) is 4.16. The first-order valence-electron chi connectivity index (χ1n) is 5.73. The van der Waals surface area contributed by atoms with E-state index in [0.29, 0.717) is 17.9 Å². The molecule has 0 saturated carbocycles. The maximum Gasteiger partial charge on any atom is 0.337 e. The van der Waals surface area contributed by atoms with Crippen LogP contribution in [-0.2, 0) is 16.0 Å². The van der Waals surface area contributed by atoms with Crippen molar-refractivity contribution in [2.75, 3.05) is 12.5 Å². The molecule has 0 amide bonds. The largest absolute Gasteiger partial charge is 0.494 e. The summed E-state index contributed by atoms with van der Waals surface area (Å²) in [6.07, 6.45) is -1.50. The van der Waals surface area contributed by atoms with Crippen molar-refractivity contribution in [2.24, 2.45) is 0 Å². The van der Waals surface area contributed by atoms with Gasteiger partial charge < -0.3 is 14.9 Å². The van der Waals surface area contributed by atoms with E-state index in [2.05, 4.69) is 0 Å². The molecule has 1 aromatic carbocycles. The fourth-order valence-corrected chi connectivity index (χ4v) is 1.67. The van der Waals surface area contributed by atoms with E-state index in [0.717, 1.165) is 0 Å². The van der Waals surface area contributed by atoms with Gasteiger partial charge in [0.1, 0.15) is 5.75 Å². The Labute approximate surface area is 115 Å². The minimum absolute atomic E-state index is 0.0922. The molecule has 0 aromatic heterocycles. The summed E-state index contributed by atoms with van der Waals surface area (Å²) in [5, 5.41) is 18.2. The van der Waals surface area contributed by atoms with Gasteiger partial charge in [-0.1, -0.05) is 12.1 Å². The van der Waals surface area contributed by atoms with Gasteiger partial charge >= 0.3 is 5.97 Å². The fourth-order valence-electron chi connectivity index (χ4n) is 1.58. The van der Waals surface area contributed by atoms with Crippen LogP contribution in [0, 0.1) is 0 Å². The molecule has 19 heavy (non-hydrogen) atoms. The average molecular weight is 287 g/mol. The monoisotopic (exact) mass is 286 g/mol. The van der Waals surface area contributed by atoms with Crippen LogP contribution in [0.15, 0.2) is 18.2 Å². The molecule has 0 bridgehead atoms. The number of carboxylic acids is 1. The zero-order valence-electron chi connectivity index (χ0n) is 10.4. The molecule has 0 radical (unpaired) electrons. The van der Waals surface area contributed by atoms with Gasteiger partial charge in [0.2, 0.25) is 0 Å². The first-order chi connectivity index (χ1) is 8.99. The lowest BCUT2D eigenvalue weighted by atomic mass is 10.0. The van der Waals surface area contributed by atoms with Gasteiger partial charge in [-0.3, -0.25) is 4.79 Å². The van der Waals surface area contributed by atoms with E-state index in [4.69, 9.17) is 21.4 Å². The van der Waals surface area contributed by atoms with Gasteiger partial charge in [0.25, 0.3) is 0 Å². The second kappa shape index (κ2) is 7.11. The second-order valence-electron chi connectivity index (χ2n) is 3.89. The van der Waals surface area contributed by atoms with Crippen molar-refractivity contribution >= 4 is 23.4 Å². The zero-order valence-corrected chi connectivity index (χ0v) is 11.2. The number of aliphatic hydroxyl groups excluding tert-OH is 1. The molecular formula is C13H15ClO5. The number of aliphatic hydroxyl groups is 1. The summed E-state index contributed by atoms with van der Waals surface area (Å²) in [6, 6.07) is 4.45. The van der Waals surface area contributed by atoms with Crippen molar-refractivity contribution in [2.45, 2.75) is 19.4 Å². The highest BCUT2D eigenvalue weighted by Crippen LogP contribution is 2.25. The van der Waals surface area contributed by atoms with E-state index in [1.807, 2.05) is 0 Å². The number of benzene rings is 1. The van der Waals surface area contributed by atoms with E-state index < -0.39 is 12.1 Å². The van der Waals surface area contributed by atoms with Crippen molar-refractivity contribution in [3.63, 3.8) is 0 Å². The lowest BCUT2D eigenvalue weighted by Crippen LogP contribution is -2.12. The van der Waals surface area contributed by atoms with Gasteiger partial charge in [-0.2, -0.15) is 0 Å². The van der Waals surface area contributed by atoms with Crippen molar-refractivity contribution in [1.29, 1.82) is 0 Å². The normalized spacial score (nSPS) is 11.9. The number of hydrogen-bond donors (Lipinski definition) is 2. The number of carboxylic acid groups (broad SMARTS) is 1. The van der Waals surface area contributed by atoms with E-state index in [-0.39, 0.29) is 23.6 Å². The highest BCUT2D eigenvalue weighted by Gasteiger charge is 2.18. The SMILES string of the molecule is CCOc1cc(C(O)C(=O)O)ccc1CC(=O)CCl. The number of halogens is 1. The van der Waals surface area contributed by atoms with Crippen LogP contribution in [0.2, 0.25) is 0 Å². The molecule has 0 saturated heterocycles. The van der Waals surface area contributed by atoms with Crippen molar-refractivity contribution in [1.82, 2.24) is 0 Å². The van der Waals surface area contributed by atoms with Crippen LogP contribution in [0.5, 0.6) is 5.75 Å². The van der Waals surface area contributed by atoms with Gasteiger partial charge in [-0.15, -0.1) is 11.6 Å². The van der Waals surface area contributed by atoms with Crippen LogP contribution in [0.3, 0.4) is 0 Å². The van der Waals surface area contributed by atoms with Crippen LogP contribution in [-0.4, -0.2) is 34.5 Å². The lowest BCUT2D eigenvalue weighted by Gasteiger charge is -2.13. The predicted octanol–water partition coefficient (Wildman–Crippen LogP) is 1.55. The van der Waals surface area contributed by atoms with Crippen LogP contribution in [0.1, 0.15) is 24.2 Å². The summed E-state index contributed by atoms with van der Waals surface area (Å²) < 4.78 is 5.35. The molecule has 0 aliphatic heterocycles. The highest BCUT2D eigenvalue weighted by molar-refractivity contribution is 6.27. The van der Waals surface area contributed by atoms with Gasteiger partial charge in [0.05, 0.1) is 12.5 Å². The fraction of sp³-hybridized carbons (Fsp3) is 0.385. The standard InChI is InChI=1S/C13H15ClO5/c1-2-19-11-6-9(12(16)13(17)18)4-3-8(11)5-10(15)7-14/h3-4,6,12,16H,2,5,7H2,1H3,(H,17,18). The Kier molecular flexibility index (Phi) is 5.79. The van der Waals surface area contributed by atoms with Gasteiger partial charge in [-0.05, 0) is 18.6 Å². The number of ether oxygens (including phenoxy) is 1. The zero-order chi connectivity index (χ0) is 14.4. The third-order valence-electron chi connectivity index (χ3n) is 2.48. The maximum atomic E-state index is 11.3. The molecule has 1 aromatic rings. The number of carbonyl (C=O) groups excluding carboxylic acids is 1. The summed E-state index contributed by atoms with van der Waals surface area (Å²) in [7, 11) is 0. The van der Waals surface area contributed by atoms with Crippen molar-refractivity contribution in [3.8, 4) is 5.75 Å². The predicted molar refractivity (Wildman–Crippen MR) is 69.6 cm³/mol. The molecule has 0 spiro atoms. The molecule has 0 aliphatic rings. The Bertz CT molecular complexity index is 472. The minimum Gasteiger partial charge on any atom is -0.494 e. The third kappa shape index (κ3) is 4.22. The molecule has 2 N–H and O–H groups in total. The van der Waals surface area contributed by atoms with Crippen LogP contribution in [0.4, 0.5) is 0 Å². The van der Waals surface area contributed by atoms with Gasteiger partial charge in [0, 0.05) is 12.0 Å². The number of Topliss-reactive ketones (excluding diaryl/α,β-unsaturated/α-hetero) is 1.